The number of rotatable bonds is 6. The first kappa shape index (κ1) is 10.9. The number of carboxylic acids is 1. The van der Waals surface area contributed by atoms with Crippen LogP contribution in [-0.2, 0) is 14.4 Å². The van der Waals surface area contributed by atoms with E-state index in [2.05, 4.69) is 0 Å². The van der Waals surface area contributed by atoms with Gasteiger partial charge in [-0.05, 0) is 19.8 Å². The number of hydrogen-bond donors (Lipinski definition) is 1. The van der Waals surface area contributed by atoms with Crippen LogP contribution in [0.5, 0.6) is 0 Å². The van der Waals surface area contributed by atoms with Crippen LogP contribution in [0.1, 0.15) is 32.6 Å². The smallest absolute Gasteiger partial charge is 0.307 e. The Hall–Kier alpha value is -1.19. The molecule has 0 heterocycles. The van der Waals surface area contributed by atoms with Gasteiger partial charge in [0.1, 0.15) is 11.6 Å². The summed E-state index contributed by atoms with van der Waals surface area (Å²) in [6.07, 6.45) is 1.74. The van der Waals surface area contributed by atoms with Crippen LogP contribution in [0.15, 0.2) is 0 Å². The second-order valence-corrected chi connectivity index (χ2v) is 3.89. The number of hydrogen-bond acceptors (Lipinski definition) is 3. The quantitative estimate of drug-likeness (QED) is 0.692. The third-order valence-corrected chi connectivity index (χ3v) is 2.36. The summed E-state index contributed by atoms with van der Waals surface area (Å²) in [5, 5.41) is 8.77. The first-order chi connectivity index (χ1) is 6.50. The average molecular weight is 198 g/mol. The monoisotopic (exact) mass is 198 g/mol. The molecule has 1 rings (SSSR count). The molecule has 0 saturated heterocycles. The van der Waals surface area contributed by atoms with Crippen LogP contribution in [0.4, 0.5) is 0 Å². The molecule has 1 N–H and O–H groups in total. The molecular formula is C10H14O4. The van der Waals surface area contributed by atoms with Crippen LogP contribution < -0.4 is 0 Å². The van der Waals surface area contributed by atoms with Gasteiger partial charge in [-0.25, -0.2) is 0 Å². The van der Waals surface area contributed by atoms with E-state index < -0.39 is 11.9 Å². The minimum absolute atomic E-state index is 0.00125. The number of aliphatic carboxylic acids is 1. The topological polar surface area (TPSA) is 71.4 Å². The molecule has 0 amide bonds. The molecular weight excluding hydrogens is 184 g/mol. The van der Waals surface area contributed by atoms with E-state index in [4.69, 9.17) is 5.11 Å². The SMILES string of the molecule is CC(=O)CC(CC(=O)C1CC1)C(=O)O. The van der Waals surface area contributed by atoms with Gasteiger partial charge in [0.05, 0.1) is 5.92 Å². The Bertz CT molecular complexity index is 265. The van der Waals surface area contributed by atoms with E-state index in [-0.39, 0.29) is 30.3 Å². The maximum absolute atomic E-state index is 11.3. The normalized spacial score (nSPS) is 17.5. The van der Waals surface area contributed by atoms with Crippen LogP contribution in [0, 0.1) is 11.8 Å². The summed E-state index contributed by atoms with van der Waals surface area (Å²) in [5.41, 5.74) is 0. The van der Waals surface area contributed by atoms with Crippen molar-refractivity contribution < 1.29 is 19.5 Å². The number of Topliss-reactive ketones (excluding diaryl/α,β-unsaturated/α-hetero) is 2. The second kappa shape index (κ2) is 4.35. The summed E-state index contributed by atoms with van der Waals surface area (Å²) in [5.74, 6) is -1.97. The molecule has 1 fully saturated rings. The maximum atomic E-state index is 11.3. The number of carboxylic acid groups (broad SMARTS) is 1. The molecule has 0 bridgehead atoms. The van der Waals surface area contributed by atoms with Gasteiger partial charge in [-0.1, -0.05) is 0 Å². The van der Waals surface area contributed by atoms with Crippen LogP contribution in [-0.4, -0.2) is 22.6 Å². The van der Waals surface area contributed by atoms with Crippen molar-refractivity contribution in [3.05, 3.63) is 0 Å². The minimum Gasteiger partial charge on any atom is -0.481 e. The van der Waals surface area contributed by atoms with Gasteiger partial charge in [0.25, 0.3) is 0 Å². The molecule has 1 aliphatic carbocycles. The molecule has 14 heavy (non-hydrogen) atoms. The van der Waals surface area contributed by atoms with Crippen molar-refractivity contribution in [3.8, 4) is 0 Å². The summed E-state index contributed by atoms with van der Waals surface area (Å²) in [6, 6.07) is 0. The summed E-state index contributed by atoms with van der Waals surface area (Å²) in [7, 11) is 0. The first-order valence-corrected chi connectivity index (χ1v) is 4.75. The predicted octanol–water partition coefficient (Wildman–Crippen LogP) is 1.04. The van der Waals surface area contributed by atoms with Crippen molar-refractivity contribution in [1.82, 2.24) is 0 Å². The lowest BCUT2D eigenvalue weighted by molar-refractivity contribution is -0.145. The highest BCUT2D eigenvalue weighted by Crippen LogP contribution is 2.32. The van der Waals surface area contributed by atoms with Gasteiger partial charge < -0.3 is 9.90 Å². The molecule has 1 unspecified atom stereocenters. The number of carbonyl (C=O) groups is 3. The van der Waals surface area contributed by atoms with E-state index >= 15 is 0 Å². The molecule has 0 radical (unpaired) electrons. The van der Waals surface area contributed by atoms with Gasteiger partial charge in [-0.3, -0.25) is 9.59 Å². The van der Waals surface area contributed by atoms with Gasteiger partial charge in [-0.2, -0.15) is 0 Å². The third kappa shape index (κ3) is 3.28. The Labute approximate surface area is 82.3 Å². The van der Waals surface area contributed by atoms with Crippen molar-refractivity contribution in [2.75, 3.05) is 0 Å². The van der Waals surface area contributed by atoms with Crippen molar-refractivity contribution >= 4 is 17.5 Å². The van der Waals surface area contributed by atoms with Crippen molar-refractivity contribution in [2.24, 2.45) is 11.8 Å². The second-order valence-electron chi connectivity index (χ2n) is 3.89. The fourth-order valence-corrected chi connectivity index (χ4v) is 1.41. The molecule has 0 aromatic heterocycles. The van der Waals surface area contributed by atoms with E-state index in [1.807, 2.05) is 0 Å². The first-order valence-electron chi connectivity index (χ1n) is 4.75. The van der Waals surface area contributed by atoms with Gasteiger partial charge in [0.2, 0.25) is 0 Å². The van der Waals surface area contributed by atoms with Gasteiger partial charge in [0, 0.05) is 18.8 Å². The molecule has 1 atom stereocenters. The lowest BCUT2D eigenvalue weighted by Gasteiger charge is -2.08. The number of carbonyl (C=O) groups excluding carboxylic acids is 2. The zero-order chi connectivity index (χ0) is 10.7. The highest BCUT2D eigenvalue weighted by Gasteiger charge is 2.33. The molecule has 0 aromatic carbocycles. The Morgan fingerprint density at radius 3 is 2.21 bits per heavy atom. The Balaban J connectivity index is 2.45. The Kier molecular flexibility index (Phi) is 3.38. The zero-order valence-electron chi connectivity index (χ0n) is 8.16. The summed E-state index contributed by atoms with van der Waals surface area (Å²) >= 11 is 0. The molecule has 4 nitrogen and oxygen atoms in total. The summed E-state index contributed by atoms with van der Waals surface area (Å²) in [4.78, 5) is 32.8. The van der Waals surface area contributed by atoms with Crippen LogP contribution >= 0.6 is 0 Å². The van der Waals surface area contributed by atoms with Crippen LogP contribution in [0.2, 0.25) is 0 Å². The molecule has 0 aromatic rings. The summed E-state index contributed by atoms with van der Waals surface area (Å²) in [6.45, 7) is 1.34. The fraction of sp³-hybridized carbons (Fsp3) is 0.700. The maximum Gasteiger partial charge on any atom is 0.307 e. The molecule has 1 saturated carbocycles. The van der Waals surface area contributed by atoms with Crippen LogP contribution in [0.3, 0.4) is 0 Å². The largest absolute Gasteiger partial charge is 0.481 e. The Morgan fingerprint density at radius 2 is 1.86 bits per heavy atom. The summed E-state index contributed by atoms with van der Waals surface area (Å²) < 4.78 is 0. The van der Waals surface area contributed by atoms with Crippen LogP contribution in [0.25, 0.3) is 0 Å². The molecule has 0 aliphatic heterocycles. The van der Waals surface area contributed by atoms with Gasteiger partial charge in [0.15, 0.2) is 0 Å². The molecule has 78 valence electrons. The lowest BCUT2D eigenvalue weighted by atomic mass is 9.95. The predicted molar refractivity (Wildman–Crippen MR) is 48.8 cm³/mol. The van der Waals surface area contributed by atoms with E-state index in [1.54, 1.807) is 0 Å². The highest BCUT2D eigenvalue weighted by atomic mass is 16.4. The van der Waals surface area contributed by atoms with E-state index in [9.17, 15) is 14.4 Å². The average Bonchev–Trinajstić information content (AvgIpc) is 2.83. The van der Waals surface area contributed by atoms with E-state index in [0.717, 1.165) is 12.8 Å². The lowest BCUT2D eigenvalue weighted by Crippen LogP contribution is -2.21. The fourth-order valence-electron chi connectivity index (χ4n) is 1.41. The molecule has 0 spiro atoms. The van der Waals surface area contributed by atoms with Crippen molar-refractivity contribution in [2.45, 2.75) is 32.6 Å². The molecule has 4 heteroatoms. The molecule has 1 aliphatic rings. The minimum atomic E-state index is -1.05. The van der Waals surface area contributed by atoms with Crippen molar-refractivity contribution in [3.63, 3.8) is 0 Å². The standard InChI is InChI=1S/C10H14O4/c1-6(11)4-8(10(13)14)5-9(12)7-2-3-7/h7-8H,2-5H2,1H3,(H,13,14). The third-order valence-electron chi connectivity index (χ3n) is 2.36. The highest BCUT2D eigenvalue weighted by molar-refractivity contribution is 5.89. The Morgan fingerprint density at radius 1 is 1.29 bits per heavy atom. The van der Waals surface area contributed by atoms with Gasteiger partial charge in [-0.15, -0.1) is 0 Å². The van der Waals surface area contributed by atoms with E-state index in [0.29, 0.717) is 0 Å². The van der Waals surface area contributed by atoms with E-state index in [1.165, 1.54) is 6.92 Å². The number of ketones is 2. The van der Waals surface area contributed by atoms with Gasteiger partial charge >= 0.3 is 5.97 Å². The van der Waals surface area contributed by atoms with Crippen molar-refractivity contribution in [1.29, 1.82) is 0 Å². The zero-order valence-corrected chi connectivity index (χ0v) is 8.16.